The average molecular weight is 258 g/mol. The first-order chi connectivity index (χ1) is 8.72. The van der Waals surface area contributed by atoms with E-state index in [1.807, 2.05) is 36.4 Å². The van der Waals surface area contributed by atoms with E-state index < -0.39 is 0 Å². The molecule has 0 saturated heterocycles. The van der Waals surface area contributed by atoms with Crippen LogP contribution in [0.15, 0.2) is 36.4 Å². The Morgan fingerprint density at radius 2 is 1.89 bits per heavy atom. The van der Waals surface area contributed by atoms with E-state index in [4.69, 9.17) is 17.3 Å². The third kappa shape index (κ3) is 2.85. The smallest absolute Gasteiger partial charge is 0.0668 e. The summed E-state index contributed by atoms with van der Waals surface area (Å²) in [5.74, 6) is 6.26. The molecule has 2 N–H and O–H groups in total. The number of benzene rings is 2. The lowest BCUT2D eigenvalue weighted by atomic mass is 10.0. The second-order valence-corrected chi connectivity index (χ2v) is 4.71. The highest BCUT2D eigenvalue weighted by atomic mass is 35.5. The second-order valence-electron chi connectivity index (χ2n) is 4.31. The molecule has 0 radical (unpaired) electrons. The van der Waals surface area contributed by atoms with Crippen molar-refractivity contribution in [3.8, 4) is 11.8 Å². The molecule has 1 nitrogen and oxygen atoms in total. The molecule has 0 amide bonds. The van der Waals surface area contributed by atoms with Gasteiger partial charge in [-0.2, -0.15) is 0 Å². The fourth-order valence-electron chi connectivity index (χ4n) is 1.92. The first-order valence-electron chi connectivity index (χ1n) is 6.16. The van der Waals surface area contributed by atoms with Gasteiger partial charge in [-0.15, -0.1) is 0 Å². The van der Waals surface area contributed by atoms with E-state index >= 15 is 0 Å². The van der Waals surface area contributed by atoms with Crippen molar-refractivity contribution in [2.75, 3.05) is 0 Å². The fourth-order valence-corrected chi connectivity index (χ4v) is 2.15. The van der Waals surface area contributed by atoms with Gasteiger partial charge in [0.15, 0.2) is 0 Å². The SMILES string of the molecule is CCCC(N)C#Cc1ccc(Cl)c2ccccc12. The molecule has 2 aromatic rings. The first-order valence-corrected chi connectivity index (χ1v) is 6.54. The molecule has 2 rings (SSSR count). The van der Waals surface area contributed by atoms with E-state index in [1.165, 1.54) is 0 Å². The largest absolute Gasteiger partial charge is 0.318 e. The van der Waals surface area contributed by atoms with Crippen molar-refractivity contribution < 1.29 is 0 Å². The predicted molar refractivity (Wildman–Crippen MR) is 78.7 cm³/mol. The highest BCUT2D eigenvalue weighted by Crippen LogP contribution is 2.25. The molecular weight excluding hydrogens is 242 g/mol. The Kier molecular flexibility index (Phi) is 4.25. The zero-order chi connectivity index (χ0) is 13.0. The predicted octanol–water partition coefficient (Wildman–Crippen LogP) is 3.97. The van der Waals surface area contributed by atoms with E-state index in [9.17, 15) is 0 Å². The summed E-state index contributed by atoms with van der Waals surface area (Å²) in [6, 6.07) is 11.8. The number of fused-ring (bicyclic) bond motifs is 1. The van der Waals surface area contributed by atoms with Crippen molar-refractivity contribution in [3.63, 3.8) is 0 Å². The van der Waals surface area contributed by atoms with Crippen LogP contribution in [0.25, 0.3) is 10.8 Å². The van der Waals surface area contributed by atoms with E-state index in [-0.39, 0.29) is 6.04 Å². The average Bonchev–Trinajstić information content (AvgIpc) is 2.39. The van der Waals surface area contributed by atoms with E-state index in [2.05, 4.69) is 18.8 Å². The standard InChI is InChI=1S/C16H16ClN/c1-2-5-13(18)10-8-12-9-11-16(17)15-7-4-3-6-14(12)15/h3-4,6-7,9,11,13H,2,5,18H2,1H3. The summed E-state index contributed by atoms with van der Waals surface area (Å²) in [7, 11) is 0. The molecule has 0 fully saturated rings. The van der Waals surface area contributed by atoms with Crippen molar-refractivity contribution in [1.29, 1.82) is 0 Å². The van der Waals surface area contributed by atoms with Gasteiger partial charge in [-0.1, -0.05) is 61.1 Å². The number of halogens is 1. The van der Waals surface area contributed by atoms with Crippen LogP contribution >= 0.6 is 11.6 Å². The minimum Gasteiger partial charge on any atom is -0.318 e. The Morgan fingerprint density at radius 3 is 2.61 bits per heavy atom. The molecule has 2 heteroatoms. The van der Waals surface area contributed by atoms with E-state index in [1.54, 1.807) is 0 Å². The molecule has 1 unspecified atom stereocenters. The van der Waals surface area contributed by atoms with Gasteiger partial charge in [0, 0.05) is 16.0 Å². The van der Waals surface area contributed by atoms with E-state index in [0.29, 0.717) is 0 Å². The maximum Gasteiger partial charge on any atom is 0.0668 e. The van der Waals surface area contributed by atoms with Crippen LogP contribution in [0, 0.1) is 11.8 Å². The topological polar surface area (TPSA) is 26.0 Å². The minimum absolute atomic E-state index is 0.0514. The van der Waals surface area contributed by atoms with Crippen LogP contribution < -0.4 is 5.73 Å². The quantitative estimate of drug-likeness (QED) is 0.810. The van der Waals surface area contributed by atoms with E-state index in [0.717, 1.165) is 34.2 Å². The lowest BCUT2D eigenvalue weighted by molar-refractivity contribution is 0.720. The van der Waals surface area contributed by atoms with Crippen LogP contribution in [0.2, 0.25) is 5.02 Å². The highest BCUT2D eigenvalue weighted by molar-refractivity contribution is 6.35. The highest BCUT2D eigenvalue weighted by Gasteiger charge is 2.02. The van der Waals surface area contributed by atoms with Crippen molar-refractivity contribution in [2.45, 2.75) is 25.8 Å². The van der Waals surface area contributed by atoms with Crippen LogP contribution in [0.4, 0.5) is 0 Å². The lowest BCUT2D eigenvalue weighted by Gasteiger charge is -2.03. The summed E-state index contributed by atoms with van der Waals surface area (Å²) in [4.78, 5) is 0. The Labute approximate surface area is 113 Å². The van der Waals surface area contributed by atoms with Crippen molar-refractivity contribution in [2.24, 2.45) is 5.73 Å². The Bertz CT molecular complexity index is 607. The first kappa shape index (κ1) is 13.0. The van der Waals surface area contributed by atoms with Gasteiger partial charge >= 0.3 is 0 Å². The molecule has 18 heavy (non-hydrogen) atoms. The summed E-state index contributed by atoms with van der Waals surface area (Å²) in [5, 5.41) is 2.88. The zero-order valence-electron chi connectivity index (χ0n) is 10.4. The minimum atomic E-state index is -0.0514. The number of nitrogens with two attached hydrogens (primary N) is 1. The summed E-state index contributed by atoms with van der Waals surface area (Å²) < 4.78 is 0. The molecule has 0 spiro atoms. The third-order valence-electron chi connectivity index (χ3n) is 2.86. The second kappa shape index (κ2) is 5.91. The summed E-state index contributed by atoms with van der Waals surface area (Å²) >= 11 is 6.17. The van der Waals surface area contributed by atoms with Gasteiger partial charge in [-0.05, 0) is 23.9 Å². The normalized spacial score (nSPS) is 11.9. The van der Waals surface area contributed by atoms with Crippen LogP contribution in [0.5, 0.6) is 0 Å². The molecule has 2 aromatic carbocycles. The molecule has 0 aliphatic carbocycles. The number of hydrogen-bond donors (Lipinski definition) is 1. The van der Waals surface area contributed by atoms with Crippen molar-refractivity contribution in [1.82, 2.24) is 0 Å². The van der Waals surface area contributed by atoms with Gasteiger partial charge in [0.2, 0.25) is 0 Å². The third-order valence-corrected chi connectivity index (χ3v) is 3.19. The van der Waals surface area contributed by atoms with Gasteiger partial charge in [0.05, 0.1) is 6.04 Å². The maximum atomic E-state index is 6.17. The summed E-state index contributed by atoms with van der Waals surface area (Å²) in [6.07, 6.45) is 1.98. The molecule has 0 heterocycles. The van der Waals surface area contributed by atoms with Crippen LogP contribution in [-0.4, -0.2) is 6.04 Å². The van der Waals surface area contributed by atoms with Crippen LogP contribution in [0.3, 0.4) is 0 Å². The molecule has 0 aliphatic rings. The van der Waals surface area contributed by atoms with Gasteiger partial charge in [-0.3, -0.25) is 0 Å². The van der Waals surface area contributed by atoms with Crippen LogP contribution in [0.1, 0.15) is 25.3 Å². The zero-order valence-corrected chi connectivity index (χ0v) is 11.2. The Hall–Kier alpha value is -1.49. The molecule has 92 valence electrons. The fraction of sp³-hybridized carbons (Fsp3) is 0.250. The lowest BCUT2D eigenvalue weighted by Crippen LogP contribution is -2.16. The number of rotatable bonds is 2. The van der Waals surface area contributed by atoms with Crippen molar-refractivity contribution >= 4 is 22.4 Å². The molecule has 0 saturated carbocycles. The number of hydrogen-bond acceptors (Lipinski definition) is 1. The van der Waals surface area contributed by atoms with Crippen LogP contribution in [-0.2, 0) is 0 Å². The maximum absolute atomic E-state index is 6.17. The summed E-state index contributed by atoms with van der Waals surface area (Å²) in [6.45, 7) is 2.11. The summed E-state index contributed by atoms with van der Waals surface area (Å²) in [5.41, 5.74) is 6.89. The Morgan fingerprint density at radius 1 is 1.17 bits per heavy atom. The molecule has 0 aliphatic heterocycles. The molecule has 0 bridgehead atoms. The molecule has 1 atom stereocenters. The van der Waals surface area contributed by atoms with Gasteiger partial charge in [0.25, 0.3) is 0 Å². The Balaban J connectivity index is 2.43. The molecular formula is C16H16ClN. The monoisotopic (exact) mass is 257 g/mol. The van der Waals surface area contributed by atoms with Gasteiger partial charge < -0.3 is 5.73 Å². The van der Waals surface area contributed by atoms with Gasteiger partial charge in [0.1, 0.15) is 0 Å². The van der Waals surface area contributed by atoms with Gasteiger partial charge in [-0.25, -0.2) is 0 Å². The van der Waals surface area contributed by atoms with Crippen molar-refractivity contribution in [3.05, 3.63) is 47.0 Å². The molecule has 0 aromatic heterocycles.